The normalized spacial score (nSPS) is 20.1. The van der Waals surface area contributed by atoms with Crippen LogP contribution in [0.2, 0.25) is 0 Å². The average Bonchev–Trinajstić information content (AvgIpc) is 2.84. The van der Waals surface area contributed by atoms with Crippen LogP contribution >= 0.6 is 11.8 Å². The smallest absolute Gasteiger partial charge is 0.243 e. The first-order chi connectivity index (χ1) is 15.4. The number of carbonyl (C=O) groups is 2. The fraction of sp³-hybridized carbons (Fsp3) is 0.636. The van der Waals surface area contributed by atoms with E-state index in [4.69, 9.17) is 4.74 Å². The summed E-state index contributed by atoms with van der Waals surface area (Å²) in [6.07, 6.45) is 4.22. The maximum Gasteiger partial charge on any atom is 0.243 e. The zero-order chi connectivity index (χ0) is 22.6. The third kappa shape index (κ3) is 5.47. The lowest BCUT2D eigenvalue weighted by molar-refractivity contribution is -0.132. The number of carbonyl (C=O) groups excluding carboxylic acids is 2. The van der Waals surface area contributed by atoms with Crippen molar-refractivity contribution < 1.29 is 22.7 Å². The summed E-state index contributed by atoms with van der Waals surface area (Å²) >= 11 is 1.32. The van der Waals surface area contributed by atoms with E-state index in [1.165, 1.54) is 21.6 Å². The Balaban J connectivity index is 1.25. The van der Waals surface area contributed by atoms with Crippen molar-refractivity contribution in [3.05, 3.63) is 29.3 Å². The molecule has 3 aliphatic rings. The third-order valence-corrected chi connectivity index (χ3v) is 9.16. The van der Waals surface area contributed by atoms with Gasteiger partial charge in [0, 0.05) is 39.3 Å². The van der Waals surface area contributed by atoms with Gasteiger partial charge in [0.05, 0.1) is 29.6 Å². The molecule has 2 amide bonds. The fourth-order valence-electron chi connectivity index (χ4n) is 4.42. The molecule has 0 bridgehead atoms. The number of hydrogen-bond donors (Lipinski definition) is 0. The molecule has 0 spiro atoms. The summed E-state index contributed by atoms with van der Waals surface area (Å²) in [6.45, 7) is 3.68. The summed E-state index contributed by atoms with van der Waals surface area (Å²) in [7, 11) is -3.56. The maximum absolute atomic E-state index is 13.1. The molecule has 2 aliphatic heterocycles. The number of morpholine rings is 1. The Labute approximate surface area is 194 Å². The molecule has 0 atom stereocenters. The highest BCUT2D eigenvalue weighted by Gasteiger charge is 2.30. The molecule has 2 heterocycles. The number of amides is 2. The van der Waals surface area contributed by atoms with Gasteiger partial charge in [0.1, 0.15) is 0 Å². The van der Waals surface area contributed by atoms with Gasteiger partial charge in [-0.15, -0.1) is 11.8 Å². The summed E-state index contributed by atoms with van der Waals surface area (Å²) in [5.74, 6) is 0.495. The van der Waals surface area contributed by atoms with E-state index < -0.39 is 10.0 Å². The van der Waals surface area contributed by atoms with Gasteiger partial charge in [-0.25, -0.2) is 8.42 Å². The number of hydrogen-bond acceptors (Lipinski definition) is 6. The molecule has 8 nitrogen and oxygen atoms in total. The number of piperazine rings is 1. The molecule has 32 heavy (non-hydrogen) atoms. The van der Waals surface area contributed by atoms with Gasteiger partial charge >= 0.3 is 0 Å². The Morgan fingerprint density at radius 2 is 1.44 bits per heavy atom. The Bertz CT molecular complexity index is 939. The van der Waals surface area contributed by atoms with Crippen molar-refractivity contribution in [2.24, 2.45) is 0 Å². The lowest BCUT2D eigenvalue weighted by Gasteiger charge is -2.34. The van der Waals surface area contributed by atoms with Crippen LogP contribution < -0.4 is 0 Å². The predicted octanol–water partition coefficient (Wildman–Crippen LogP) is 0.990. The molecule has 1 aromatic carbocycles. The van der Waals surface area contributed by atoms with Gasteiger partial charge in [0.2, 0.25) is 21.8 Å². The van der Waals surface area contributed by atoms with Crippen LogP contribution in [0, 0.1) is 0 Å². The molecular weight excluding hydrogens is 450 g/mol. The van der Waals surface area contributed by atoms with Crippen LogP contribution in [0.25, 0.3) is 0 Å². The summed E-state index contributed by atoms with van der Waals surface area (Å²) in [5.41, 5.74) is 2.41. The number of ether oxygens (including phenoxy) is 1. The van der Waals surface area contributed by atoms with E-state index in [2.05, 4.69) is 0 Å². The van der Waals surface area contributed by atoms with Crippen LogP contribution in [-0.4, -0.2) is 98.3 Å². The van der Waals surface area contributed by atoms with Gasteiger partial charge < -0.3 is 14.5 Å². The number of benzene rings is 1. The van der Waals surface area contributed by atoms with E-state index in [0.29, 0.717) is 57.4 Å². The largest absolute Gasteiger partial charge is 0.378 e. The monoisotopic (exact) mass is 481 g/mol. The van der Waals surface area contributed by atoms with Crippen LogP contribution in [0.4, 0.5) is 0 Å². The summed E-state index contributed by atoms with van der Waals surface area (Å²) in [4.78, 5) is 28.5. The molecular formula is C22H31N3O5S2. The summed E-state index contributed by atoms with van der Waals surface area (Å²) in [6, 6.07) is 5.51. The second-order valence-corrected chi connectivity index (χ2v) is 11.3. The molecule has 0 aromatic heterocycles. The first kappa shape index (κ1) is 23.5. The summed E-state index contributed by atoms with van der Waals surface area (Å²) in [5, 5.41) is 0. The molecule has 2 saturated heterocycles. The molecule has 2 fully saturated rings. The van der Waals surface area contributed by atoms with Crippen molar-refractivity contribution in [1.29, 1.82) is 0 Å². The number of fused-ring (bicyclic) bond motifs is 1. The Morgan fingerprint density at radius 1 is 0.844 bits per heavy atom. The standard InChI is InChI=1S/C22H31N3O5S2/c26-21(16-31-17-22(27)24-11-13-30-14-12-24)23-7-9-25(10-8-23)32(28,29)20-6-5-18-3-1-2-4-19(18)15-20/h5-6,15H,1-4,7-14,16-17H2. The Hall–Kier alpha value is -1.62. The molecule has 0 radical (unpaired) electrons. The van der Waals surface area contributed by atoms with Crippen molar-refractivity contribution in [2.45, 2.75) is 30.6 Å². The van der Waals surface area contributed by atoms with E-state index in [0.717, 1.165) is 31.2 Å². The van der Waals surface area contributed by atoms with E-state index in [1.807, 2.05) is 12.1 Å². The van der Waals surface area contributed by atoms with Gasteiger partial charge in [0.15, 0.2) is 0 Å². The van der Waals surface area contributed by atoms with Gasteiger partial charge in [-0.2, -0.15) is 4.31 Å². The van der Waals surface area contributed by atoms with E-state index in [1.54, 1.807) is 15.9 Å². The quantitative estimate of drug-likeness (QED) is 0.602. The molecule has 0 unspecified atom stereocenters. The highest BCUT2D eigenvalue weighted by molar-refractivity contribution is 8.00. The number of sulfonamides is 1. The molecule has 1 aromatic rings. The number of rotatable bonds is 6. The predicted molar refractivity (Wildman–Crippen MR) is 123 cm³/mol. The Morgan fingerprint density at radius 3 is 2.09 bits per heavy atom. The first-order valence-electron chi connectivity index (χ1n) is 11.3. The molecule has 4 rings (SSSR count). The van der Waals surface area contributed by atoms with Crippen molar-refractivity contribution >= 4 is 33.6 Å². The topological polar surface area (TPSA) is 87.2 Å². The minimum atomic E-state index is -3.56. The van der Waals surface area contributed by atoms with E-state index in [-0.39, 0.29) is 23.3 Å². The summed E-state index contributed by atoms with van der Waals surface area (Å²) < 4.78 is 33.0. The first-order valence-corrected chi connectivity index (χ1v) is 13.9. The van der Waals surface area contributed by atoms with Gasteiger partial charge in [0.25, 0.3) is 0 Å². The molecule has 176 valence electrons. The van der Waals surface area contributed by atoms with Gasteiger partial charge in [-0.1, -0.05) is 6.07 Å². The third-order valence-electron chi connectivity index (χ3n) is 6.36. The van der Waals surface area contributed by atoms with Crippen LogP contribution in [-0.2, 0) is 37.2 Å². The number of thioether (sulfide) groups is 1. The zero-order valence-corrected chi connectivity index (χ0v) is 20.0. The number of aryl methyl sites for hydroxylation is 2. The second-order valence-electron chi connectivity index (χ2n) is 8.41. The second kappa shape index (κ2) is 10.5. The molecule has 10 heteroatoms. The van der Waals surface area contributed by atoms with Crippen LogP contribution in [0.1, 0.15) is 24.0 Å². The molecule has 0 saturated carbocycles. The van der Waals surface area contributed by atoms with E-state index >= 15 is 0 Å². The van der Waals surface area contributed by atoms with Gasteiger partial charge in [-0.3, -0.25) is 9.59 Å². The van der Waals surface area contributed by atoms with Crippen LogP contribution in [0.3, 0.4) is 0 Å². The average molecular weight is 482 g/mol. The zero-order valence-electron chi connectivity index (χ0n) is 18.3. The lowest BCUT2D eigenvalue weighted by Crippen LogP contribution is -2.51. The van der Waals surface area contributed by atoms with E-state index in [9.17, 15) is 18.0 Å². The lowest BCUT2D eigenvalue weighted by atomic mass is 9.92. The highest BCUT2D eigenvalue weighted by Crippen LogP contribution is 2.26. The Kier molecular flexibility index (Phi) is 7.75. The fourth-order valence-corrected chi connectivity index (χ4v) is 6.71. The SMILES string of the molecule is O=C(CSCC(=O)N1CCN(S(=O)(=O)c2ccc3c(c2)CCCC3)CC1)N1CCOCC1. The maximum atomic E-state index is 13.1. The van der Waals surface area contributed by atoms with Gasteiger partial charge in [-0.05, 0) is 48.9 Å². The van der Waals surface area contributed by atoms with Crippen molar-refractivity contribution in [3.63, 3.8) is 0 Å². The van der Waals surface area contributed by atoms with Crippen LogP contribution in [0.5, 0.6) is 0 Å². The minimum absolute atomic E-state index is 0.0343. The minimum Gasteiger partial charge on any atom is -0.378 e. The number of nitrogens with zero attached hydrogens (tertiary/aromatic N) is 3. The van der Waals surface area contributed by atoms with Crippen molar-refractivity contribution in [1.82, 2.24) is 14.1 Å². The highest BCUT2D eigenvalue weighted by atomic mass is 32.2. The van der Waals surface area contributed by atoms with Crippen LogP contribution in [0.15, 0.2) is 23.1 Å². The van der Waals surface area contributed by atoms with Crippen molar-refractivity contribution in [2.75, 3.05) is 64.0 Å². The molecule has 0 N–H and O–H groups in total. The van der Waals surface area contributed by atoms with Crippen molar-refractivity contribution in [3.8, 4) is 0 Å². The molecule has 1 aliphatic carbocycles.